The molecule has 1 saturated carbocycles. The summed E-state index contributed by atoms with van der Waals surface area (Å²) in [5.41, 5.74) is 9.76. The van der Waals surface area contributed by atoms with Gasteiger partial charge in [0.15, 0.2) is 0 Å². The lowest BCUT2D eigenvalue weighted by Crippen LogP contribution is -2.36. The van der Waals surface area contributed by atoms with E-state index in [2.05, 4.69) is 45.4 Å². The third-order valence-corrected chi connectivity index (χ3v) is 6.41. The Morgan fingerprint density at radius 2 is 1.88 bits per heavy atom. The van der Waals surface area contributed by atoms with E-state index in [1.165, 1.54) is 24.8 Å². The summed E-state index contributed by atoms with van der Waals surface area (Å²) in [6.45, 7) is 6.79. The van der Waals surface area contributed by atoms with E-state index in [1.807, 2.05) is 19.9 Å². The van der Waals surface area contributed by atoms with Crippen molar-refractivity contribution in [2.24, 2.45) is 0 Å². The van der Waals surface area contributed by atoms with Gasteiger partial charge < -0.3 is 11.1 Å². The summed E-state index contributed by atoms with van der Waals surface area (Å²) in [6, 6.07) is 10.7. The maximum absolute atomic E-state index is 12.8. The zero-order valence-electron chi connectivity index (χ0n) is 19.4. The largest absolute Gasteiger partial charge is 0.383 e. The third-order valence-electron chi connectivity index (χ3n) is 6.41. The quantitative estimate of drug-likeness (QED) is 0.663. The topological polar surface area (TPSA) is 71.2 Å². The molecular formula is C27H36N4O. The first-order chi connectivity index (χ1) is 15.6. The Balaban J connectivity index is 0.00000141. The smallest absolute Gasteiger partial charge is 0.255 e. The van der Waals surface area contributed by atoms with E-state index in [0.29, 0.717) is 11.5 Å². The van der Waals surface area contributed by atoms with Gasteiger partial charge in [0.1, 0.15) is 5.82 Å². The molecule has 0 radical (unpaired) electrons. The molecular weight excluding hydrogens is 396 g/mol. The van der Waals surface area contributed by atoms with Crippen molar-refractivity contribution in [2.75, 3.05) is 25.4 Å². The number of hydrogen-bond acceptors (Lipinski definition) is 4. The van der Waals surface area contributed by atoms with Crippen LogP contribution in [0, 0.1) is 12.3 Å². The number of nitrogens with two attached hydrogens (primary N) is 1. The van der Waals surface area contributed by atoms with Gasteiger partial charge in [0.2, 0.25) is 0 Å². The van der Waals surface area contributed by atoms with Crippen molar-refractivity contribution in [3.63, 3.8) is 0 Å². The van der Waals surface area contributed by atoms with Crippen LogP contribution in [-0.4, -0.2) is 41.5 Å². The summed E-state index contributed by atoms with van der Waals surface area (Å²) in [4.78, 5) is 19.4. The fourth-order valence-corrected chi connectivity index (χ4v) is 4.65. The van der Waals surface area contributed by atoms with E-state index in [1.54, 1.807) is 6.20 Å². The van der Waals surface area contributed by atoms with E-state index in [9.17, 15) is 4.79 Å². The van der Waals surface area contributed by atoms with Gasteiger partial charge in [-0.1, -0.05) is 63.3 Å². The Hall–Kier alpha value is -2.84. The first kappa shape index (κ1) is 23.8. The molecule has 5 nitrogen and oxygen atoms in total. The lowest BCUT2D eigenvalue weighted by Gasteiger charge is -2.23. The van der Waals surface area contributed by atoms with Crippen LogP contribution in [0.3, 0.4) is 0 Å². The van der Waals surface area contributed by atoms with Crippen molar-refractivity contribution in [1.29, 1.82) is 0 Å². The molecule has 1 unspecified atom stereocenters. The maximum atomic E-state index is 12.8. The van der Waals surface area contributed by atoms with Crippen molar-refractivity contribution >= 4 is 11.7 Å². The summed E-state index contributed by atoms with van der Waals surface area (Å²) >= 11 is 0. The molecule has 1 saturated heterocycles. The summed E-state index contributed by atoms with van der Waals surface area (Å²) < 4.78 is 0. The third kappa shape index (κ3) is 5.89. The van der Waals surface area contributed by atoms with E-state index in [4.69, 9.17) is 12.2 Å². The summed E-state index contributed by atoms with van der Waals surface area (Å²) in [5, 5.41) is 3.14. The van der Waals surface area contributed by atoms with Gasteiger partial charge in [-0.05, 0) is 48.9 Å². The first-order valence-electron chi connectivity index (χ1n) is 12.0. The zero-order chi connectivity index (χ0) is 22.9. The number of likely N-dealkylation sites (tertiary alicyclic amines) is 1. The van der Waals surface area contributed by atoms with Crippen LogP contribution in [0.1, 0.15) is 74.2 Å². The van der Waals surface area contributed by atoms with Gasteiger partial charge in [-0.3, -0.25) is 9.69 Å². The van der Waals surface area contributed by atoms with Gasteiger partial charge >= 0.3 is 0 Å². The molecule has 1 aliphatic heterocycles. The second-order valence-electron chi connectivity index (χ2n) is 8.51. The SMILES string of the molecule is C#CCN1CCC(c2ccc(-c3cnc(N)c(C(=O)NC4CCCCC4)c3)cc2)C1.CC. The molecule has 2 fully saturated rings. The van der Waals surface area contributed by atoms with Gasteiger partial charge in [0.25, 0.3) is 5.91 Å². The minimum Gasteiger partial charge on any atom is -0.383 e. The Bertz CT molecular complexity index is 926. The molecule has 2 heterocycles. The number of hydrogen-bond donors (Lipinski definition) is 2. The highest BCUT2D eigenvalue weighted by Gasteiger charge is 2.23. The second kappa shape index (κ2) is 11.7. The van der Waals surface area contributed by atoms with Crippen molar-refractivity contribution in [1.82, 2.24) is 15.2 Å². The Kier molecular flexibility index (Phi) is 8.70. The summed E-state index contributed by atoms with van der Waals surface area (Å²) in [6.07, 6.45) is 14.0. The molecule has 0 spiro atoms. The number of benzene rings is 1. The van der Waals surface area contributed by atoms with Crippen molar-refractivity contribution in [2.45, 2.75) is 64.3 Å². The van der Waals surface area contributed by atoms with E-state index < -0.39 is 0 Å². The number of aromatic nitrogens is 1. The molecule has 0 bridgehead atoms. The number of amides is 1. The van der Waals surface area contributed by atoms with Gasteiger partial charge in [0, 0.05) is 24.3 Å². The minimum atomic E-state index is -0.120. The van der Waals surface area contributed by atoms with Gasteiger partial charge in [0.05, 0.1) is 12.1 Å². The van der Waals surface area contributed by atoms with Gasteiger partial charge in [-0.2, -0.15) is 0 Å². The van der Waals surface area contributed by atoms with Crippen molar-refractivity contribution in [3.8, 4) is 23.5 Å². The number of rotatable bonds is 5. The predicted molar refractivity (Wildman–Crippen MR) is 132 cm³/mol. The Labute approximate surface area is 192 Å². The monoisotopic (exact) mass is 432 g/mol. The fraction of sp³-hybridized carbons (Fsp3) is 0.481. The molecule has 170 valence electrons. The van der Waals surface area contributed by atoms with Crippen LogP contribution < -0.4 is 11.1 Å². The molecule has 2 aliphatic rings. The minimum absolute atomic E-state index is 0.120. The number of terminal acetylenes is 1. The number of nitrogen functional groups attached to an aromatic ring is 1. The highest BCUT2D eigenvalue weighted by molar-refractivity contribution is 5.99. The lowest BCUT2D eigenvalue weighted by atomic mass is 9.95. The van der Waals surface area contributed by atoms with Crippen molar-refractivity contribution < 1.29 is 4.79 Å². The highest BCUT2D eigenvalue weighted by Crippen LogP contribution is 2.29. The van der Waals surface area contributed by atoms with Crippen LogP contribution in [0.2, 0.25) is 0 Å². The standard InChI is InChI=1S/C25H30N4O.C2H6/c1-2-13-29-14-12-20(17-29)18-8-10-19(11-9-18)21-15-23(24(26)27-16-21)25(30)28-22-6-4-3-5-7-22;1-2/h1,8-11,15-16,20,22H,3-7,12-14,17H2,(H2,26,27)(H,28,30);1-2H3. The number of nitrogens with zero attached hydrogens (tertiary/aromatic N) is 2. The van der Waals surface area contributed by atoms with E-state index in [0.717, 1.165) is 50.0 Å². The number of pyridine rings is 1. The Morgan fingerprint density at radius 1 is 1.16 bits per heavy atom. The fourth-order valence-electron chi connectivity index (χ4n) is 4.65. The molecule has 2 aromatic rings. The average molecular weight is 433 g/mol. The van der Waals surface area contributed by atoms with Crippen LogP contribution in [-0.2, 0) is 0 Å². The molecule has 4 rings (SSSR count). The van der Waals surface area contributed by atoms with Gasteiger partial charge in [-0.25, -0.2) is 4.98 Å². The molecule has 3 N–H and O–H groups in total. The number of nitrogens with one attached hydrogen (secondary N) is 1. The Morgan fingerprint density at radius 3 is 2.56 bits per heavy atom. The van der Waals surface area contributed by atoms with E-state index in [-0.39, 0.29) is 17.8 Å². The summed E-state index contributed by atoms with van der Waals surface area (Å²) in [7, 11) is 0. The van der Waals surface area contributed by atoms with Crippen LogP contribution in [0.15, 0.2) is 36.5 Å². The second-order valence-corrected chi connectivity index (χ2v) is 8.51. The molecule has 1 atom stereocenters. The zero-order valence-corrected chi connectivity index (χ0v) is 19.4. The molecule has 5 heteroatoms. The molecule has 32 heavy (non-hydrogen) atoms. The van der Waals surface area contributed by atoms with Crippen LogP contribution in [0.4, 0.5) is 5.82 Å². The lowest BCUT2D eigenvalue weighted by molar-refractivity contribution is 0.0928. The molecule has 1 aromatic heterocycles. The van der Waals surface area contributed by atoms with E-state index >= 15 is 0 Å². The normalized spacial score (nSPS) is 19.0. The highest BCUT2D eigenvalue weighted by atomic mass is 16.1. The molecule has 1 aliphatic carbocycles. The summed E-state index contributed by atoms with van der Waals surface area (Å²) in [5.74, 6) is 3.42. The molecule has 1 amide bonds. The van der Waals surface area contributed by atoms with Crippen LogP contribution in [0.25, 0.3) is 11.1 Å². The number of anilines is 1. The van der Waals surface area contributed by atoms with Crippen molar-refractivity contribution in [3.05, 3.63) is 47.7 Å². The average Bonchev–Trinajstić information content (AvgIpc) is 3.30. The van der Waals surface area contributed by atoms with Crippen LogP contribution in [0.5, 0.6) is 0 Å². The van der Waals surface area contributed by atoms with Crippen LogP contribution >= 0.6 is 0 Å². The number of carbonyl (C=O) groups is 1. The first-order valence-corrected chi connectivity index (χ1v) is 12.0. The molecule has 1 aromatic carbocycles. The number of carbonyl (C=O) groups excluding carboxylic acids is 1. The maximum Gasteiger partial charge on any atom is 0.255 e. The predicted octanol–water partition coefficient (Wildman–Crippen LogP) is 4.84. The van der Waals surface area contributed by atoms with Gasteiger partial charge in [-0.15, -0.1) is 6.42 Å².